The molecular weight excluding hydrogens is 184 g/mol. The highest BCUT2D eigenvalue weighted by Crippen LogP contribution is 2.14. The second-order valence-electron chi connectivity index (χ2n) is 3.26. The zero-order chi connectivity index (χ0) is 10.0. The van der Waals surface area contributed by atoms with Crippen LogP contribution in [0.4, 0.5) is 0 Å². The third kappa shape index (κ3) is 2.35. The molecule has 0 aliphatic carbocycles. The topological polar surface area (TPSA) is 56.0 Å². The molecule has 0 amide bonds. The van der Waals surface area contributed by atoms with Gasteiger partial charge in [-0.05, 0) is 13.8 Å². The zero-order valence-corrected chi connectivity index (χ0v) is 8.89. The smallest absolute Gasteiger partial charge is 0.186 e. The summed E-state index contributed by atoms with van der Waals surface area (Å²) in [6, 6.07) is -0.116. The van der Waals surface area contributed by atoms with E-state index in [0.717, 1.165) is 5.01 Å². The number of rotatable bonds is 3. The van der Waals surface area contributed by atoms with E-state index in [1.807, 2.05) is 20.8 Å². The van der Waals surface area contributed by atoms with E-state index < -0.39 is 0 Å². The molecule has 0 bridgehead atoms. The highest BCUT2D eigenvalue weighted by Gasteiger charge is 2.20. The number of aromatic nitrogens is 1. The van der Waals surface area contributed by atoms with Crippen molar-refractivity contribution in [3.63, 3.8) is 0 Å². The minimum absolute atomic E-state index is 0.0411. The molecule has 2 unspecified atom stereocenters. The Morgan fingerprint density at radius 3 is 2.62 bits per heavy atom. The Morgan fingerprint density at radius 2 is 2.23 bits per heavy atom. The van der Waals surface area contributed by atoms with E-state index in [2.05, 4.69) is 4.98 Å². The molecule has 2 N–H and O–H groups in total. The fourth-order valence-electron chi connectivity index (χ4n) is 0.949. The number of hydrogen-bond acceptors (Lipinski definition) is 4. The van der Waals surface area contributed by atoms with E-state index in [0.29, 0.717) is 5.69 Å². The van der Waals surface area contributed by atoms with Crippen LogP contribution in [0.3, 0.4) is 0 Å². The first-order valence-electron chi connectivity index (χ1n) is 4.24. The fourth-order valence-corrected chi connectivity index (χ4v) is 1.55. The molecular formula is C9H14N2OS. The molecule has 0 aliphatic heterocycles. The Hall–Kier alpha value is -0.740. The maximum atomic E-state index is 11.7. The zero-order valence-electron chi connectivity index (χ0n) is 8.07. The van der Waals surface area contributed by atoms with Gasteiger partial charge in [0.1, 0.15) is 5.69 Å². The van der Waals surface area contributed by atoms with Crippen molar-refractivity contribution in [3.05, 3.63) is 16.1 Å². The number of hydrogen-bond donors (Lipinski definition) is 1. The molecule has 1 heterocycles. The van der Waals surface area contributed by atoms with Crippen molar-refractivity contribution >= 4 is 17.1 Å². The lowest BCUT2D eigenvalue weighted by atomic mass is 9.98. The van der Waals surface area contributed by atoms with Gasteiger partial charge in [0.05, 0.1) is 5.01 Å². The lowest BCUT2D eigenvalue weighted by Crippen LogP contribution is -2.30. The Balaban J connectivity index is 2.79. The van der Waals surface area contributed by atoms with Gasteiger partial charge in [-0.1, -0.05) is 6.92 Å². The summed E-state index contributed by atoms with van der Waals surface area (Å²) >= 11 is 1.49. The van der Waals surface area contributed by atoms with E-state index in [4.69, 9.17) is 5.73 Å². The van der Waals surface area contributed by atoms with Gasteiger partial charge in [-0.3, -0.25) is 4.79 Å². The normalized spacial score (nSPS) is 15.4. The summed E-state index contributed by atoms with van der Waals surface area (Å²) in [5, 5.41) is 2.71. The maximum Gasteiger partial charge on any atom is 0.186 e. The molecule has 1 aromatic rings. The van der Waals surface area contributed by atoms with Crippen LogP contribution >= 0.6 is 11.3 Å². The molecule has 1 aromatic heterocycles. The third-order valence-electron chi connectivity index (χ3n) is 2.07. The molecule has 0 aliphatic rings. The molecule has 3 nitrogen and oxygen atoms in total. The minimum atomic E-state index is -0.151. The maximum absolute atomic E-state index is 11.7. The Kier molecular flexibility index (Phi) is 3.17. The summed E-state index contributed by atoms with van der Waals surface area (Å²) in [5.41, 5.74) is 6.18. The molecule has 0 aromatic carbocycles. The van der Waals surface area contributed by atoms with Gasteiger partial charge < -0.3 is 5.73 Å². The lowest BCUT2D eigenvalue weighted by molar-refractivity contribution is 0.0912. The van der Waals surface area contributed by atoms with Gasteiger partial charge in [-0.15, -0.1) is 11.3 Å². The monoisotopic (exact) mass is 198 g/mol. The summed E-state index contributed by atoms with van der Waals surface area (Å²) in [7, 11) is 0. The molecule has 2 atom stereocenters. The van der Waals surface area contributed by atoms with Crippen LogP contribution < -0.4 is 5.73 Å². The second kappa shape index (κ2) is 3.98. The van der Waals surface area contributed by atoms with Crippen molar-refractivity contribution in [2.45, 2.75) is 26.8 Å². The van der Waals surface area contributed by atoms with Gasteiger partial charge in [0, 0.05) is 17.3 Å². The predicted octanol–water partition coefficient (Wildman–Crippen LogP) is 1.62. The third-order valence-corrected chi connectivity index (χ3v) is 2.85. The molecule has 0 radical (unpaired) electrons. The number of nitrogens with zero attached hydrogens (tertiary/aromatic N) is 1. The minimum Gasteiger partial charge on any atom is -0.327 e. The van der Waals surface area contributed by atoms with Gasteiger partial charge in [0.2, 0.25) is 0 Å². The van der Waals surface area contributed by atoms with E-state index in [1.165, 1.54) is 11.3 Å². The summed E-state index contributed by atoms with van der Waals surface area (Å²) in [4.78, 5) is 15.8. The first-order chi connectivity index (χ1) is 6.02. The van der Waals surface area contributed by atoms with Gasteiger partial charge in [0.25, 0.3) is 0 Å². The van der Waals surface area contributed by atoms with Crippen LogP contribution in [0, 0.1) is 12.8 Å². The van der Waals surface area contributed by atoms with Crippen LogP contribution in [-0.2, 0) is 0 Å². The summed E-state index contributed by atoms with van der Waals surface area (Å²) < 4.78 is 0. The van der Waals surface area contributed by atoms with Crippen molar-refractivity contribution < 1.29 is 4.79 Å². The Morgan fingerprint density at radius 1 is 1.62 bits per heavy atom. The van der Waals surface area contributed by atoms with Crippen molar-refractivity contribution in [3.8, 4) is 0 Å². The predicted molar refractivity (Wildman–Crippen MR) is 54.0 cm³/mol. The van der Waals surface area contributed by atoms with Crippen LogP contribution in [0.1, 0.15) is 29.3 Å². The summed E-state index contributed by atoms with van der Waals surface area (Å²) in [6.07, 6.45) is 0. The van der Waals surface area contributed by atoms with Crippen LogP contribution in [0.15, 0.2) is 5.38 Å². The molecule has 1 rings (SSSR count). The number of nitrogens with two attached hydrogens (primary N) is 1. The Bertz CT molecular complexity index is 306. The highest BCUT2D eigenvalue weighted by atomic mass is 32.1. The van der Waals surface area contributed by atoms with Crippen LogP contribution in [0.5, 0.6) is 0 Å². The number of carbonyl (C=O) groups is 1. The van der Waals surface area contributed by atoms with Gasteiger partial charge >= 0.3 is 0 Å². The molecule has 0 fully saturated rings. The summed E-state index contributed by atoms with van der Waals surface area (Å²) in [6.45, 7) is 5.56. The van der Waals surface area contributed by atoms with Crippen molar-refractivity contribution in [2.24, 2.45) is 11.7 Å². The van der Waals surface area contributed by atoms with E-state index in [1.54, 1.807) is 5.38 Å². The van der Waals surface area contributed by atoms with Crippen molar-refractivity contribution in [1.29, 1.82) is 0 Å². The first-order valence-corrected chi connectivity index (χ1v) is 5.12. The van der Waals surface area contributed by atoms with Gasteiger partial charge in [-0.25, -0.2) is 4.98 Å². The quantitative estimate of drug-likeness (QED) is 0.751. The average Bonchev–Trinajstić information content (AvgIpc) is 2.49. The Labute approximate surface area is 82.0 Å². The van der Waals surface area contributed by atoms with Crippen molar-refractivity contribution in [1.82, 2.24) is 4.98 Å². The number of thiazole rings is 1. The SMILES string of the molecule is Cc1nc(C(=O)C(C)C(C)N)cs1. The number of aryl methyl sites for hydroxylation is 1. The summed E-state index contributed by atoms with van der Waals surface area (Å²) in [5.74, 6) is -0.110. The van der Waals surface area contributed by atoms with Gasteiger partial charge in [-0.2, -0.15) is 0 Å². The van der Waals surface area contributed by atoms with Crippen molar-refractivity contribution in [2.75, 3.05) is 0 Å². The standard InChI is InChI=1S/C9H14N2OS/c1-5(6(2)10)9(12)8-4-13-7(3)11-8/h4-6H,10H2,1-3H3. The fraction of sp³-hybridized carbons (Fsp3) is 0.556. The van der Waals surface area contributed by atoms with Crippen LogP contribution in [0.25, 0.3) is 0 Å². The molecule has 13 heavy (non-hydrogen) atoms. The van der Waals surface area contributed by atoms with E-state index in [9.17, 15) is 4.79 Å². The molecule has 0 saturated heterocycles. The molecule has 72 valence electrons. The largest absolute Gasteiger partial charge is 0.327 e. The number of carbonyl (C=O) groups excluding carboxylic acids is 1. The second-order valence-corrected chi connectivity index (χ2v) is 4.33. The van der Waals surface area contributed by atoms with Gasteiger partial charge in [0.15, 0.2) is 5.78 Å². The molecule has 0 spiro atoms. The lowest BCUT2D eigenvalue weighted by Gasteiger charge is -2.11. The first kappa shape index (κ1) is 10.3. The van der Waals surface area contributed by atoms with Crippen LogP contribution in [0.2, 0.25) is 0 Å². The highest BCUT2D eigenvalue weighted by molar-refractivity contribution is 7.09. The number of Topliss-reactive ketones (excluding diaryl/α,β-unsaturated/α-hetero) is 1. The van der Waals surface area contributed by atoms with Crippen LogP contribution in [-0.4, -0.2) is 16.8 Å². The van der Waals surface area contributed by atoms with E-state index >= 15 is 0 Å². The van der Waals surface area contributed by atoms with E-state index in [-0.39, 0.29) is 17.7 Å². The molecule has 0 saturated carbocycles. The average molecular weight is 198 g/mol. The number of ketones is 1. The molecule has 4 heteroatoms.